The number of hydrogen-bond donors (Lipinski definition) is 2. The van der Waals surface area contributed by atoms with Crippen LogP contribution in [0, 0.1) is 0 Å². The van der Waals surface area contributed by atoms with Gasteiger partial charge in [-0.1, -0.05) is 324 Å². The van der Waals surface area contributed by atoms with Crippen molar-refractivity contribution in [3.8, 4) is 0 Å². The van der Waals surface area contributed by atoms with E-state index in [9.17, 15) is 19.0 Å². The Hall–Kier alpha value is -2.55. The number of carbonyl (C=O) groups is 2. The summed E-state index contributed by atoms with van der Waals surface area (Å²) in [4.78, 5) is 35.4. The number of esters is 2. The molecular weight excluding hydrogens is 1050 g/mol. The Kier molecular flexibility index (Phi) is 66.5. The summed E-state index contributed by atoms with van der Waals surface area (Å²) in [7, 11) is -4.39. The molecule has 9 nitrogen and oxygen atoms in total. The lowest BCUT2D eigenvalue weighted by molar-refractivity contribution is -0.161. The van der Waals surface area contributed by atoms with E-state index in [0.717, 1.165) is 70.6 Å². The van der Waals surface area contributed by atoms with Gasteiger partial charge in [-0.05, 0) is 83.5 Å². The van der Waals surface area contributed by atoms with Gasteiger partial charge in [0.05, 0.1) is 13.2 Å². The van der Waals surface area contributed by atoms with E-state index in [1.807, 2.05) is 0 Å². The van der Waals surface area contributed by atoms with Crippen LogP contribution in [0.4, 0.5) is 0 Å². The second-order valence-corrected chi connectivity index (χ2v) is 25.2. The molecule has 0 rings (SSSR count). The lowest BCUT2D eigenvalue weighted by Crippen LogP contribution is -2.29. The maximum Gasteiger partial charge on any atom is 0.472 e. The van der Waals surface area contributed by atoms with E-state index in [4.69, 9.17) is 24.3 Å². The highest BCUT2D eigenvalue weighted by atomic mass is 31.2. The largest absolute Gasteiger partial charge is 0.472 e. The normalized spacial score (nSPS) is 13.3. The summed E-state index contributed by atoms with van der Waals surface area (Å²) in [5.41, 5.74) is 5.40. The molecule has 0 fully saturated rings. The third-order valence-electron chi connectivity index (χ3n) is 15.6. The second-order valence-electron chi connectivity index (χ2n) is 23.7. The van der Waals surface area contributed by atoms with Crippen LogP contribution in [0.15, 0.2) is 72.9 Å². The van der Waals surface area contributed by atoms with Gasteiger partial charge in [-0.15, -0.1) is 0 Å². The minimum atomic E-state index is -4.39. The minimum Gasteiger partial charge on any atom is -0.462 e. The predicted octanol–water partition coefficient (Wildman–Crippen LogP) is 23.2. The topological polar surface area (TPSA) is 134 Å². The first-order chi connectivity index (χ1) is 40.8. The van der Waals surface area contributed by atoms with Gasteiger partial charge < -0.3 is 20.1 Å². The van der Waals surface area contributed by atoms with Crippen molar-refractivity contribution in [2.75, 3.05) is 26.4 Å². The van der Waals surface area contributed by atoms with Gasteiger partial charge in [-0.3, -0.25) is 18.6 Å². The van der Waals surface area contributed by atoms with Gasteiger partial charge in [-0.2, -0.15) is 0 Å². The van der Waals surface area contributed by atoms with Gasteiger partial charge in [0.25, 0.3) is 0 Å². The zero-order valence-electron chi connectivity index (χ0n) is 54.4. The van der Waals surface area contributed by atoms with Crippen LogP contribution in [-0.2, 0) is 32.7 Å². The third kappa shape index (κ3) is 68.4. The summed E-state index contributed by atoms with van der Waals surface area (Å²) >= 11 is 0. The van der Waals surface area contributed by atoms with Crippen LogP contribution in [0.25, 0.3) is 0 Å². The maximum absolute atomic E-state index is 12.8. The van der Waals surface area contributed by atoms with Gasteiger partial charge in [0.15, 0.2) is 6.10 Å². The minimum absolute atomic E-state index is 0.0527. The number of ether oxygens (including phenoxy) is 2. The molecule has 0 spiro atoms. The first-order valence-corrected chi connectivity index (χ1v) is 36.9. The van der Waals surface area contributed by atoms with Gasteiger partial charge in [0.1, 0.15) is 6.61 Å². The van der Waals surface area contributed by atoms with E-state index in [1.54, 1.807) is 0 Å². The van der Waals surface area contributed by atoms with Crippen LogP contribution < -0.4 is 5.73 Å². The Morgan fingerprint density at radius 3 is 1.00 bits per heavy atom. The molecule has 0 aromatic heterocycles. The SMILES string of the molecule is CC/C=C\C/C=C\C/C=C\C/C=C\C/C=C\CCCCCCCCCCCCCCCC(=O)OC(COC(=O)CCCCCCCCCCCCCCCCCCCCCCC/C=C\CCCCCCCCCC)COP(=O)(O)OCCN. The molecule has 83 heavy (non-hydrogen) atoms. The van der Waals surface area contributed by atoms with Crippen molar-refractivity contribution in [1.82, 2.24) is 0 Å². The van der Waals surface area contributed by atoms with Crippen molar-refractivity contribution in [3.63, 3.8) is 0 Å². The molecule has 3 N–H and O–H groups in total. The van der Waals surface area contributed by atoms with Crippen molar-refractivity contribution in [2.24, 2.45) is 5.73 Å². The molecular formula is C73H134NO8P. The van der Waals surface area contributed by atoms with Crippen LogP contribution >= 0.6 is 7.82 Å². The Balaban J connectivity index is 3.84. The fourth-order valence-corrected chi connectivity index (χ4v) is 11.1. The third-order valence-corrected chi connectivity index (χ3v) is 16.6. The fraction of sp³-hybridized carbons (Fsp3) is 0.808. The van der Waals surface area contributed by atoms with Crippen LogP contribution in [0.1, 0.15) is 348 Å². The molecule has 10 heteroatoms. The van der Waals surface area contributed by atoms with Crippen molar-refractivity contribution in [1.29, 1.82) is 0 Å². The summed E-state index contributed by atoms with van der Waals surface area (Å²) in [5.74, 6) is -0.815. The first kappa shape index (κ1) is 80.5. The van der Waals surface area contributed by atoms with Crippen LogP contribution in [0.5, 0.6) is 0 Å². The molecule has 0 aromatic rings. The van der Waals surface area contributed by atoms with Gasteiger partial charge >= 0.3 is 19.8 Å². The van der Waals surface area contributed by atoms with E-state index in [-0.39, 0.29) is 38.6 Å². The summed E-state index contributed by atoms with van der Waals surface area (Å²) in [6.07, 6.45) is 90.0. The summed E-state index contributed by atoms with van der Waals surface area (Å²) in [6, 6.07) is 0. The molecule has 0 aliphatic rings. The molecule has 0 bridgehead atoms. The number of hydrogen-bond acceptors (Lipinski definition) is 8. The molecule has 2 unspecified atom stereocenters. The lowest BCUT2D eigenvalue weighted by atomic mass is 10.0. The molecule has 0 aliphatic heterocycles. The average molecular weight is 1180 g/mol. The van der Waals surface area contributed by atoms with E-state index >= 15 is 0 Å². The van der Waals surface area contributed by atoms with Gasteiger partial charge in [0, 0.05) is 19.4 Å². The fourth-order valence-electron chi connectivity index (χ4n) is 10.4. The number of nitrogens with two attached hydrogens (primary N) is 1. The number of allylic oxidation sites excluding steroid dienone is 12. The number of phosphoric acid groups is 1. The molecule has 484 valence electrons. The summed E-state index contributed by atoms with van der Waals surface area (Å²) in [5, 5.41) is 0. The van der Waals surface area contributed by atoms with Crippen molar-refractivity contribution < 1.29 is 37.6 Å². The Morgan fingerprint density at radius 1 is 0.373 bits per heavy atom. The molecule has 0 aliphatic carbocycles. The number of rotatable bonds is 67. The summed E-state index contributed by atoms with van der Waals surface area (Å²) < 4.78 is 33.2. The molecule has 0 radical (unpaired) electrons. The highest BCUT2D eigenvalue weighted by molar-refractivity contribution is 7.47. The molecule has 0 saturated heterocycles. The van der Waals surface area contributed by atoms with Crippen molar-refractivity contribution in [3.05, 3.63) is 72.9 Å². The van der Waals surface area contributed by atoms with Gasteiger partial charge in [-0.25, -0.2) is 4.57 Å². The number of unbranched alkanes of at least 4 members (excludes halogenated alkanes) is 42. The van der Waals surface area contributed by atoms with E-state index < -0.39 is 26.5 Å². The van der Waals surface area contributed by atoms with E-state index in [2.05, 4.69) is 86.8 Å². The van der Waals surface area contributed by atoms with E-state index in [0.29, 0.717) is 6.42 Å². The molecule has 0 aromatic carbocycles. The Labute approximate surface area is 513 Å². The number of carbonyl (C=O) groups excluding carboxylic acids is 2. The highest BCUT2D eigenvalue weighted by Crippen LogP contribution is 2.43. The van der Waals surface area contributed by atoms with Crippen molar-refractivity contribution in [2.45, 2.75) is 354 Å². The standard InChI is InChI=1S/C73H134NO8P/c1-3-5-7-9-11-13-15-17-19-21-23-25-27-29-31-33-34-35-36-38-39-41-43-45-47-49-51-53-55-57-59-61-63-65-72(75)79-69-71(70-81-83(77,78)80-68-67-74)82-73(76)66-64-62-60-58-56-54-52-50-48-46-44-42-40-37-32-30-28-26-24-22-20-18-16-14-12-10-8-6-4-2/h6,8,12,14,18,20-21,23-24,26,30,32,71H,3-5,7,9-11,13,15-17,19,22,25,27-29,31,33-70,74H2,1-2H3,(H,77,78)/b8-6-,14-12-,20-18-,23-21-,26-24-,32-30-. The quantitative estimate of drug-likeness (QED) is 0.0264. The smallest absolute Gasteiger partial charge is 0.462 e. The predicted molar refractivity (Wildman–Crippen MR) is 358 cm³/mol. The maximum atomic E-state index is 12.8. The molecule has 0 saturated carbocycles. The molecule has 0 amide bonds. The Bertz CT molecular complexity index is 1590. The van der Waals surface area contributed by atoms with Gasteiger partial charge in [0.2, 0.25) is 0 Å². The monoisotopic (exact) mass is 1180 g/mol. The lowest BCUT2D eigenvalue weighted by Gasteiger charge is -2.19. The zero-order valence-corrected chi connectivity index (χ0v) is 55.3. The summed E-state index contributed by atoms with van der Waals surface area (Å²) in [6.45, 7) is 3.68. The molecule has 2 atom stereocenters. The van der Waals surface area contributed by atoms with Crippen molar-refractivity contribution >= 4 is 19.8 Å². The molecule has 0 heterocycles. The van der Waals surface area contributed by atoms with Crippen LogP contribution in [-0.4, -0.2) is 49.3 Å². The first-order valence-electron chi connectivity index (χ1n) is 35.4. The highest BCUT2D eigenvalue weighted by Gasteiger charge is 2.26. The average Bonchev–Trinajstić information content (AvgIpc) is 3.49. The Morgan fingerprint density at radius 2 is 0.663 bits per heavy atom. The van der Waals surface area contributed by atoms with Crippen LogP contribution in [0.3, 0.4) is 0 Å². The van der Waals surface area contributed by atoms with Crippen LogP contribution in [0.2, 0.25) is 0 Å². The van der Waals surface area contributed by atoms with E-state index in [1.165, 1.54) is 244 Å². The second kappa shape index (κ2) is 68.6. The zero-order chi connectivity index (χ0) is 60.1. The number of phosphoric ester groups is 1.